The molecule has 0 spiro atoms. The first-order valence-corrected chi connectivity index (χ1v) is 10.2. The van der Waals surface area contributed by atoms with Crippen LogP contribution in [-0.2, 0) is 0 Å². The number of imidazole rings is 2. The first-order chi connectivity index (χ1) is 15.3. The quantitative estimate of drug-likeness (QED) is 0.351. The Hall–Kier alpha value is -4.38. The highest BCUT2D eigenvalue weighted by Gasteiger charge is 2.20. The predicted molar refractivity (Wildman–Crippen MR) is 126 cm³/mol. The first kappa shape index (κ1) is 17.5. The molecule has 0 fully saturated rings. The van der Waals surface area contributed by atoms with Gasteiger partial charge in [-0.1, -0.05) is 66.7 Å². The van der Waals surface area contributed by atoms with E-state index in [0.29, 0.717) is 11.9 Å². The second kappa shape index (κ2) is 7.15. The normalized spacial score (nSPS) is 11.2. The van der Waals surface area contributed by atoms with Gasteiger partial charge in [0.1, 0.15) is 0 Å². The van der Waals surface area contributed by atoms with Gasteiger partial charge in [0.15, 0.2) is 0 Å². The van der Waals surface area contributed by atoms with Crippen LogP contribution in [0.15, 0.2) is 103 Å². The fourth-order valence-corrected chi connectivity index (χ4v) is 3.89. The Labute approximate surface area is 179 Å². The SMILES string of the molecule is c1ccc(-c2cccc(N(c3nc4ccccc4[nH]3)c3nc4ccccc4[nH]3)c2)cc1. The molecule has 0 unspecified atom stereocenters. The molecule has 2 N–H and O–H groups in total. The number of para-hydroxylation sites is 4. The van der Waals surface area contributed by atoms with Gasteiger partial charge in [0, 0.05) is 0 Å². The Morgan fingerprint density at radius 3 is 1.68 bits per heavy atom. The number of nitrogens with one attached hydrogen (secondary N) is 2. The molecule has 2 heterocycles. The number of aromatic nitrogens is 4. The molecule has 6 rings (SSSR count). The summed E-state index contributed by atoms with van der Waals surface area (Å²) in [5.41, 5.74) is 7.07. The number of benzene rings is 4. The lowest BCUT2D eigenvalue weighted by Gasteiger charge is -2.20. The van der Waals surface area contributed by atoms with Gasteiger partial charge in [-0.2, -0.15) is 0 Å². The Balaban J connectivity index is 1.55. The van der Waals surface area contributed by atoms with Crippen molar-refractivity contribution < 1.29 is 0 Å². The van der Waals surface area contributed by atoms with E-state index in [-0.39, 0.29) is 0 Å². The maximum Gasteiger partial charge on any atom is 0.215 e. The van der Waals surface area contributed by atoms with E-state index < -0.39 is 0 Å². The number of anilines is 3. The summed E-state index contributed by atoms with van der Waals surface area (Å²) in [4.78, 5) is 18.6. The van der Waals surface area contributed by atoms with Gasteiger partial charge in [-0.15, -0.1) is 0 Å². The minimum Gasteiger partial charge on any atom is -0.323 e. The van der Waals surface area contributed by atoms with Crippen molar-refractivity contribution in [2.45, 2.75) is 0 Å². The van der Waals surface area contributed by atoms with Crippen LogP contribution in [0.3, 0.4) is 0 Å². The maximum absolute atomic E-state index is 4.85. The molecule has 0 radical (unpaired) electrons. The predicted octanol–water partition coefficient (Wildman–Crippen LogP) is 6.58. The Kier molecular flexibility index (Phi) is 4.03. The summed E-state index contributed by atoms with van der Waals surface area (Å²) in [6.45, 7) is 0. The van der Waals surface area contributed by atoms with Gasteiger partial charge >= 0.3 is 0 Å². The zero-order chi connectivity index (χ0) is 20.6. The third-order valence-corrected chi connectivity index (χ3v) is 5.39. The molecule has 0 aliphatic carbocycles. The van der Waals surface area contributed by atoms with Crippen molar-refractivity contribution in [2.24, 2.45) is 0 Å². The molecule has 0 amide bonds. The van der Waals surface area contributed by atoms with Crippen molar-refractivity contribution in [3.05, 3.63) is 103 Å². The largest absolute Gasteiger partial charge is 0.323 e. The summed E-state index contributed by atoms with van der Waals surface area (Å²) in [7, 11) is 0. The second-order valence-electron chi connectivity index (χ2n) is 7.41. The Morgan fingerprint density at radius 1 is 0.516 bits per heavy atom. The van der Waals surface area contributed by atoms with Crippen molar-refractivity contribution in [3.63, 3.8) is 0 Å². The van der Waals surface area contributed by atoms with Gasteiger partial charge in [-0.3, -0.25) is 0 Å². The topological polar surface area (TPSA) is 60.6 Å². The Morgan fingerprint density at radius 2 is 1.06 bits per heavy atom. The fraction of sp³-hybridized carbons (Fsp3) is 0. The van der Waals surface area contributed by atoms with Crippen LogP contribution in [0.1, 0.15) is 0 Å². The molecule has 0 aliphatic rings. The summed E-state index contributed by atoms with van der Waals surface area (Å²) in [5.74, 6) is 1.43. The molecule has 31 heavy (non-hydrogen) atoms. The summed E-state index contributed by atoms with van der Waals surface area (Å²) >= 11 is 0. The molecule has 0 saturated carbocycles. The van der Waals surface area contributed by atoms with Crippen molar-refractivity contribution in [3.8, 4) is 11.1 Å². The lowest BCUT2D eigenvalue weighted by molar-refractivity contribution is 1.09. The number of nitrogens with zero attached hydrogens (tertiary/aromatic N) is 3. The molecule has 2 aromatic heterocycles. The monoisotopic (exact) mass is 401 g/mol. The van der Waals surface area contributed by atoms with Crippen molar-refractivity contribution >= 4 is 39.7 Å². The first-order valence-electron chi connectivity index (χ1n) is 10.2. The van der Waals surface area contributed by atoms with Crippen molar-refractivity contribution in [1.29, 1.82) is 0 Å². The molecule has 6 aromatic rings. The van der Waals surface area contributed by atoms with Crippen LogP contribution in [0.5, 0.6) is 0 Å². The van der Waals surface area contributed by atoms with Crippen LogP contribution >= 0.6 is 0 Å². The van der Waals surface area contributed by atoms with E-state index in [4.69, 9.17) is 9.97 Å². The van der Waals surface area contributed by atoms with E-state index in [1.165, 1.54) is 5.56 Å². The van der Waals surface area contributed by atoms with Crippen LogP contribution in [-0.4, -0.2) is 19.9 Å². The van der Waals surface area contributed by atoms with E-state index in [1.54, 1.807) is 0 Å². The van der Waals surface area contributed by atoms with Gasteiger partial charge < -0.3 is 9.97 Å². The van der Waals surface area contributed by atoms with Crippen LogP contribution in [0.2, 0.25) is 0 Å². The third kappa shape index (κ3) is 3.13. The third-order valence-electron chi connectivity index (χ3n) is 5.39. The number of hydrogen-bond donors (Lipinski definition) is 2. The highest BCUT2D eigenvalue weighted by atomic mass is 15.3. The van der Waals surface area contributed by atoms with Crippen LogP contribution in [0.25, 0.3) is 33.2 Å². The smallest absolute Gasteiger partial charge is 0.215 e. The molecule has 4 aromatic carbocycles. The van der Waals surface area contributed by atoms with Crippen LogP contribution < -0.4 is 4.90 Å². The van der Waals surface area contributed by atoms with E-state index in [0.717, 1.165) is 33.3 Å². The molecule has 0 aliphatic heterocycles. The molecule has 0 atom stereocenters. The maximum atomic E-state index is 4.85. The molecule has 5 heteroatoms. The van der Waals surface area contributed by atoms with Gasteiger partial charge in [0.05, 0.1) is 27.8 Å². The average molecular weight is 401 g/mol. The molecular formula is C26H19N5. The number of hydrogen-bond acceptors (Lipinski definition) is 3. The van der Waals surface area contributed by atoms with Crippen LogP contribution in [0, 0.1) is 0 Å². The number of aromatic amines is 2. The standard InChI is InChI=1S/C26H19N5/c1-2-9-18(10-3-1)19-11-8-12-20(17-19)31(25-27-21-13-4-5-14-22(21)28-25)26-29-23-15-6-7-16-24(23)30-26/h1-17H,(H,27,28)(H,29,30). The number of rotatable bonds is 4. The highest BCUT2D eigenvalue weighted by Crippen LogP contribution is 2.35. The minimum absolute atomic E-state index is 0.713. The summed E-state index contributed by atoms with van der Waals surface area (Å²) in [6, 6.07) is 34.9. The molecule has 5 nitrogen and oxygen atoms in total. The van der Waals surface area contributed by atoms with Crippen LogP contribution in [0.4, 0.5) is 17.6 Å². The highest BCUT2D eigenvalue weighted by molar-refractivity contribution is 5.85. The van der Waals surface area contributed by atoms with Gasteiger partial charge in [0.2, 0.25) is 11.9 Å². The summed E-state index contributed by atoms with van der Waals surface area (Å²) in [5, 5.41) is 0. The van der Waals surface area contributed by atoms with Gasteiger partial charge in [-0.05, 0) is 47.5 Å². The zero-order valence-corrected chi connectivity index (χ0v) is 16.7. The molecule has 0 bridgehead atoms. The average Bonchev–Trinajstić information content (AvgIpc) is 3.44. The van der Waals surface area contributed by atoms with E-state index in [1.807, 2.05) is 59.5 Å². The number of H-pyrrole nitrogens is 2. The van der Waals surface area contributed by atoms with Gasteiger partial charge in [0.25, 0.3) is 0 Å². The summed E-state index contributed by atoms with van der Waals surface area (Å²) < 4.78 is 0. The summed E-state index contributed by atoms with van der Waals surface area (Å²) in [6.07, 6.45) is 0. The lowest BCUT2D eigenvalue weighted by Crippen LogP contribution is -2.13. The zero-order valence-electron chi connectivity index (χ0n) is 16.7. The van der Waals surface area contributed by atoms with E-state index >= 15 is 0 Å². The molecule has 148 valence electrons. The van der Waals surface area contributed by atoms with E-state index in [9.17, 15) is 0 Å². The second-order valence-corrected chi connectivity index (χ2v) is 7.41. The molecule has 0 saturated heterocycles. The van der Waals surface area contributed by atoms with Crippen molar-refractivity contribution in [2.75, 3.05) is 4.90 Å². The lowest BCUT2D eigenvalue weighted by atomic mass is 10.1. The van der Waals surface area contributed by atoms with E-state index in [2.05, 4.69) is 58.5 Å². The van der Waals surface area contributed by atoms with Crippen molar-refractivity contribution in [1.82, 2.24) is 19.9 Å². The Bertz CT molecular complexity index is 1360. The number of fused-ring (bicyclic) bond motifs is 2. The fourth-order valence-electron chi connectivity index (χ4n) is 3.89. The minimum atomic E-state index is 0.713. The molecular weight excluding hydrogens is 382 g/mol. The van der Waals surface area contributed by atoms with Gasteiger partial charge in [-0.25, -0.2) is 14.9 Å².